The molecule has 11 rings (SSSR count). The molecule has 0 radical (unpaired) electrons. The lowest BCUT2D eigenvalue weighted by Crippen LogP contribution is -2.32. The highest BCUT2D eigenvalue weighted by Gasteiger charge is 2.39. The highest BCUT2D eigenvalue weighted by molar-refractivity contribution is 6.17. The molecule has 8 aromatic rings. The number of benzene rings is 5. The Morgan fingerprint density at radius 1 is 0.630 bits per heavy atom. The Bertz CT molecular complexity index is 2670. The molecule has 2 aliphatic carbocycles. The van der Waals surface area contributed by atoms with Crippen molar-refractivity contribution in [1.82, 2.24) is 9.55 Å². The van der Waals surface area contributed by atoms with Crippen molar-refractivity contribution in [3.8, 4) is 5.69 Å². The number of fused-ring (bicyclic) bond motifs is 11. The van der Waals surface area contributed by atoms with Crippen molar-refractivity contribution in [2.75, 3.05) is 4.90 Å². The van der Waals surface area contributed by atoms with E-state index in [1.165, 1.54) is 44.0 Å². The number of allylic oxidation sites excluding steroid dienone is 4. The van der Waals surface area contributed by atoms with Gasteiger partial charge in [-0.3, -0.25) is 0 Å². The summed E-state index contributed by atoms with van der Waals surface area (Å²) in [6, 6.07) is 35.7. The van der Waals surface area contributed by atoms with Gasteiger partial charge in [-0.15, -0.1) is 0 Å². The Morgan fingerprint density at radius 2 is 1.37 bits per heavy atom. The third-order valence-corrected chi connectivity index (χ3v) is 10.5. The molecule has 2 unspecified atom stereocenters. The summed E-state index contributed by atoms with van der Waals surface area (Å²) in [5.74, 6) is 0.441. The molecule has 4 heterocycles. The van der Waals surface area contributed by atoms with E-state index in [9.17, 15) is 0 Å². The molecule has 1 N–H and O–H groups in total. The lowest BCUT2D eigenvalue weighted by Gasteiger charge is -2.30. The predicted molar refractivity (Wildman–Crippen MR) is 191 cm³/mol. The van der Waals surface area contributed by atoms with Crippen molar-refractivity contribution in [1.29, 1.82) is 0 Å². The van der Waals surface area contributed by atoms with Crippen LogP contribution in [0.4, 0.5) is 5.69 Å². The van der Waals surface area contributed by atoms with Gasteiger partial charge >= 0.3 is 0 Å². The van der Waals surface area contributed by atoms with Gasteiger partial charge in [-0.1, -0.05) is 66.8 Å². The Hall–Kier alpha value is -5.74. The topological polar surface area (TPSA) is 37.1 Å². The molecule has 3 aromatic heterocycles. The third kappa shape index (κ3) is 3.23. The van der Waals surface area contributed by atoms with Crippen LogP contribution >= 0.6 is 0 Å². The van der Waals surface area contributed by atoms with Crippen LogP contribution in [0.5, 0.6) is 0 Å². The van der Waals surface area contributed by atoms with Crippen LogP contribution in [0, 0.1) is 5.92 Å². The zero-order valence-corrected chi connectivity index (χ0v) is 25.1. The number of hydrogen-bond acceptors (Lipinski definition) is 2. The zero-order chi connectivity index (χ0) is 29.9. The average Bonchev–Trinajstić information content (AvgIpc) is 3.84. The monoisotopic (exact) mass is 591 g/mol. The number of furan rings is 1. The van der Waals surface area contributed by atoms with Crippen molar-refractivity contribution in [3.63, 3.8) is 0 Å². The molecule has 0 saturated carbocycles. The lowest BCUT2D eigenvalue weighted by atomic mass is 9.87. The smallest absolute Gasteiger partial charge is 0.137 e. The number of anilines is 1. The maximum atomic E-state index is 6.47. The number of H-pyrrole nitrogens is 1. The number of para-hydroxylation sites is 2. The minimum atomic E-state index is 0.313. The highest BCUT2D eigenvalue weighted by Crippen LogP contribution is 2.46. The van der Waals surface area contributed by atoms with Crippen LogP contribution in [-0.2, 0) is 0 Å². The fourth-order valence-electron chi connectivity index (χ4n) is 8.51. The summed E-state index contributed by atoms with van der Waals surface area (Å²) in [6.07, 6.45) is 16.1. The molecule has 0 spiro atoms. The Labute approximate surface area is 264 Å². The van der Waals surface area contributed by atoms with Crippen molar-refractivity contribution in [2.24, 2.45) is 5.92 Å². The summed E-state index contributed by atoms with van der Waals surface area (Å²) in [5.41, 5.74) is 11.8. The molecule has 2 atom stereocenters. The van der Waals surface area contributed by atoms with Gasteiger partial charge < -0.3 is 18.9 Å². The zero-order valence-electron chi connectivity index (χ0n) is 25.1. The summed E-state index contributed by atoms with van der Waals surface area (Å²) < 4.78 is 8.86. The largest absolute Gasteiger partial charge is 0.456 e. The SMILES string of the molecule is C1=CC2C3=C(C=CCC3)N(c3ccc4oc5cc6[nH]c7ccc(-n8c9ccccc9c9ccccc98)cc7c6cc5c4c3)C2C=C1. The Balaban J connectivity index is 1.11. The maximum Gasteiger partial charge on any atom is 0.137 e. The van der Waals surface area contributed by atoms with Gasteiger partial charge in [0.05, 0.1) is 22.6 Å². The average molecular weight is 592 g/mol. The molecule has 3 aliphatic rings. The highest BCUT2D eigenvalue weighted by atomic mass is 16.3. The minimum absolute atomic E-state index is 0.313. The van der Waals surface area contributed by atoms with E-state index in [4.69, 9.17) is 4.42 Å². The van der Waals surface area contributed by atoms with E-state index in [1.807, 2.05) is 0 Å². The van der Waals surface area contributed by atoms with Crippen molar-refractivity contribution in [2.45, 2.75) is 18.9 Å². The van der Waals surface area contributed by atoms with E-state index in [1.54, 1.807) is 5.57 Å². The number of aromatic amines is 1. The quantitative estimate of drug-likeness (QED) is 0.217. The van der Waals surface area contributed by atoms with Gasteiger partial charge in [-0.2, -0.15) is 0 Å². The molecular weight excluding hydrogens is 562 g/mol. The molecule has 5 aromatic carbocycles. The number of aromatic nitrogens is 2. The van der Waals surface area contributed by atoms with Gasteiger partial charge in [-0.05, 0) is 79.1 Å². The molecule has 0 amide bonds. The van der Waals surface area contributed by atoms with Crippen LogP contribution in [0.15, 0.2) is 149 Å². The van der Waals surface area contributed by atoms with E-state index in [0.29, 0.717) is 12.0 Å². The molecule has 0 fully saturated rings. The summed E-state index contributed by atoms with van der Waals surface area (Å²) in [6.45, 7) is 0. The van der Waals surface area contributed by atoms with Crippen LogP contribution in [0.1, 0.15) is 12.8 Å². The molecule has 0 bridgehead atoms. The van der Waals surface area contributed by atoms with E-state index in [-0.39, 0.29) is 0 Å². The second-order valence-electron chi connectivity index (χ2n) is 12.9. The Morgan fingerprint density at radius 3 is 2.24 bits per heavy atom. The van der Waals surface area contributed by atoms with Crippen LogP contribution in [0.25, 0.3) is 71.2 Å². The predicted octanol–water partition coefficient (Wildman–Crippen LogP) is 10.9. The van der Waals surface area contributed by atoms with E-state index in [0.717, 1.165) is 51.5 Å². The summed E-state index contributed by atoms with van der Waals surface area (Å²) in [4.78, 5) is 6.21. The third-order valence-electron chi connectivity index (χ3n) is 10.5. The number of rotatable bonds is 2. The van der Waals surface area contributed by atoms with Gasteiger partial charge in [0.2, 0.25) is 0 Å². The molecular formula is C42H29N3O. The first-order chi connectivity index (χ1) is 22.8. The van der Waals surface area contributed by atoms with Crippen LogP contribution in [0.3, 0.4) is 0 Å². The van der Waals surface area contributed by atoms with Crippen molar-refractivity contribution in [3.05, 3.63) is 145 Å². The van der Waals surface area contributed by atoms with Gasteiger partial charge in [-0.25, -0.2) is 0 Å². The van der Waals surface area contributed by atoms with E-state index in [2.05, 4.69) is 148 Å². The minimum Gasteiger partial charge on any atom is -0.456 e. The first-order valence-corrected chi connectivity index (χ1v) is 16.2. The van der Waals surface area contributed by atoms with Gasteiger partial charge in [0, 0.05) is 66.9 Å². The molecule has 0 saturated heterocycles. The first kappa shape index (κ1) is 24.6. The molecule has 4 heteroatoms. The normalized spacial score (nSPS) is 19.2. The van der Waals surface area contributed by atoms with Gasteiger partial charge in [0.25, 0.3) is 0 Å². The van der Waals surface area contributed by atoms with Crippen molar-refractivity contribution < 1.29 is 4.42 Å². The fraction of sp³-hybridized carbons (Fsp3) is 0.0952. The van der Waals surface area contributed by atoms with Crippen LogP contribution in [0.2, 0.25) is 0 Å². The Kier molecular flexibility index (Phi) is 4.76. The van der Waals surface area contributed by atoms with Crippen LogP contribution in [-0.4, -0.2) is 15.6 Å². The second-order valence-corrected chi connectivity index (χ2v) is 12.9. The number of hydrogen-bond donors (Lipinski definition) is 1. The molecule has 218 valence electrons. The number of nitrogens with one attached hydrogen (secondary N) is 1. The first-order valence-electron chi connectivity index (χ1n) is 16.2. The molecule has 46 heavy (non-hydrogen) atoms. The lowest BCUT2D eigenvalue weighted by molar-refractivity contribution is 0.657. The summed E-state index contributed by atoms with van der Waals surface area (Å²) in [7, 11) is 0. The van der Waals surface area contributed by atoms with E-state index >= 15 is 0 Å². The van der Waals surface area contributed by atoms with Gasteiger partial charge in [0.15, 0.2) is 0 Å². The molecule has 4 nitrogen and oxygen atoms in total. The second kappa shape index (κ2) is 8.92. The molecule has 1 aliphatic heterocycles. The van der Waals surface area contributed by atoms with Crippen LogP contribution < -0.4 is 4.90 Å². The summed E-state index contributed by atoms with van der Waals surface area (Å²) in [5, 5.41) is 7.27. The number of nitrogens with zero attached hydrogens (tertiary/aromatic N) is 2. The maximum absolute atomic E-state index is 6.47. The standard InChI is InChI=1S/C42H29N3O/c1-5-13-37-27(9-1)28-10-2-6-14-38(28)44(37)25-17-19-35-31(21-25)32-23-34-33-22-26(18-20-41(33)46-42(34)24-36(32)43-35)45-39-15-7-3-11-29(39)30-12-4-8-16-40(30)45/h1-3,5-11,13-24,29,39,43H,4,12H2. The van der Waals surface area contributed by atoms with Gasteiger partial charge in [0.1, 0.15) is 11.2 Å². The fourth-order valence-corrected chi connectivity index (χ4v) is 8.51. The summed E-state index contributed by atoms with van der Waals surface area (Å²) >= 11 is 0. The van der Waals surface area contributed by atoms with Crippen molar-refractivity contribution >= 4 is 71.2 Å². The van der Waals surface area contributed by atoms with E-state index < -0.39 is 0 Å².